The molecule has 4 fully saturated rings. The van der Waals surface area contributed by atoms with Crippen molar-refractivity contribution in [3.63, 3.8) is 0 Å². The Bertz CT molecular complexity index is 808. The first-order valence-electron chi connectivity index (χ1n) is 16.1. The van der Waals surface area contributed by atoms with Crippen LogP contribution in [0.5, 0.6) is 0 Å². The number of fused-ring (bicyclic) bond motifs is 2. The van der Waals surface area contributed by atoms with Gasteiger partial charge in [0.25, 0.3) is 0 Å². The van der Waals surface area contributed by atoms with Gasteiger partial charge in [0.15, 0.2) is 24.5 Å². The summed E-state index contributed by atoms with van der Waals surface area (Å²) in [6.45, 7) is 9.47. The number of carbonyl (C=O) groups is 1. The van der Waals surface area contributed by atoms with E-state index >= 15 is 0 Å². The van der Waals surface area contributed by atoms with Crippen LogP contribution in [0.15, 0.2) is 0 Å². The Balaban J connectivity index is 1.55. The molecule has 11 atom stereocenters. The minimum Gasteiger partial charge on any atom is -0.456 e. The van der Waals surface area contributed by atoms with Crippen LogP contribution < -0.4 is 0 Å². The first kappa shape index (κ1) is 33.1. The molecular weight excluding hydrogens is 532 g/mol. The summed E-state index contributed by atoms with van der Waals surface area (Å²) in [6.07, 6.45) is 4.44. The van der Waals surface area contributed by atoms with Crippen molar-refractivity contribution in [2.75, 3.05) is 0 Å². The molecule has 0 amide bonds. The molecule has 2 N–H and O–H groups in total. The number of hydrogen-bond acceptors (Lipinski definition) is 10. The Labute approximate surface area is 245 Å². The van der Waals surface area contributed by atoms with E-state index in [1.165, 1.54) is 6.42 Å². The van der Waals surface area contributed by atoms with Crippen molar-refractivity contribution >= 4 is 5.97 Å². The summed E-state index contributed by atoms with van der Waals surface area (Å²) in [5.74, 6) is -1.32. The maximum atomic E-state index is 12.6. The van der Waals surface area contributed by atoms with Crippen LogP contribution >= 0.6 is 0 Å². The molecule has 10 nitrogen and oxygen atoms in total. The van der Waals surface area contributed by atoms with Gasteiger partial charge in [0, 0.05) is 6.42 Å². The number of esters is 1. The molecule has 41 heavy (non-hydrogen) atoms. The zero-order valence-electron chi connectivity index (χ0n) is 25.7. The highest BCUT2D eigenvalue weighted by Gasteiger charge is 2.57. The molecule has 0 aromatic rings. The topological polar surface area (TPSA) is 122 Å². The van der Waals surface area contributed by atoms with Gasteiger partial charge in [-0.05, 0) is 47.0 Å². The van der Waals surface area contributed by atoms with Gasteiger partial charge in [-0.1, -0.05) is 64.7 Å². The van der Waals surface area contributed by atoms with Gasteiger partial charge < -0.3 is 43.4 Å². The van der Waals surface area contributed by atoms with Crippen molar-refractivity contribution in [3.8, 4) is 0 Å². The largest absolute Gasteiger partial charge is 0.456 e. The maximum absolute atomic E-state index is 12.6. The van der Waals surface area contributed by atoms with Crippen LogP contribution in [0.25, 0.3) is 0 Å². The van der Waals surface area contributed by atoms with Gasteiger partial charge in [-0.2, -0.15) is 0 Å². The summed E-state index contributed by atoms with van der Waals surface area (Å²) in [4.78, 5) is 12.6. The molecule has 0 spiro atoms. The second-order valence-electron chi connectivity index (χ2n) is 12.8. The fourth-order valence-electron chi connectivity index (χ4n) is 6.44. The smallest absolute Gasteiger partial charge is 0.306 e. The monoisotopic (exact) mass is 586 g/mol. The minimum absolute atomic E-state index is 0.0630. The molecule has 10 heteroatoms. The Morgan fingerprint density at radius 1 is 0.732 bits per heavy atom. The number of rotatable bonds is 4. The Morgan fingerprint density at radius 3 is 2.12 bits per heavy atom. The van der Waals surface area contributed by atoms with E-state index in [1.807, 2.05) is 20.8 Å². The minimum atomic E-state index is -1.39. The Kier molecular flexibility index (Phi) is 12.3. The number of unbranched alkanes of at least 4 members (excludes halogenated alkanes) is 2. The lowest BCUT2D eigenvalue weighted by Crippen LogP contribution is -2.63. The van der Waals surface area contributed by atoms with Crippen LogP contribution in [0, 0.1) is 0 Å². The molecule has 4 aliphatic heterocycles. The molecule has 0 aromatic heterocycles. The van der Waals surface area contributed by atoms with E-state index in [2.05, 4.69) is 6.92 Å². The van der Waals surface area contributed by atoms with Crippen LogP contribution in [0.2, 0.25) is 0 Å². The van der Waals surface area contributed by atoms with Gasteiger partial charge in [-0.15, -0.1) is 0 Å². The Morgan fingerprint density at radius 2 is 1.39 bits per heavy atom. The number of aliphatic hydroxyl groups excluding tert-OH is 2. The summed E-state index contributed by atoms with van der Waals surface area (Å²) in [5, 5.41) is 21.9. The third-order valence-corrected chi connectivity index (χ3v) is 8.77. The van der Waals surface area contributed by atoms with E-state index in [0.717, 1.165) is 64.2 Å². The molecule has 4 saturated heterocycles. The quantitative estimate of drug-likeness (QED) is 0.360. The molecule has 0 radical (unpaired) electrons. The zero-order chi connectivity index (χ0) is 29.6. The van der Waals surface area contributed by atoms with Crippen LogP contribution in [0.1, 0.15) is 118 Å². The van der Waals surface area contributed by atoms with Gasteiger partial charge in [0.2, 0.25) is 0 Å². The summed E-state index contributed by atoms with van der Waals surface area (Å²) < 4.78 is 43.5. The second kappa shape index (κ2) is 15.2. The van der Waals surface area contributed by atoms with Crippen LogP contribution in [0.4, 0.5) is 0 Å². The van der Waals surface area contributed by atoms with Crippen molar-refractivity contribution in [2.45, 2.75) is 191 Å². The van der Waals surface area contributed by atoms with E-state index < -0.39 is 73.2 Å². The van der Waals surface area contributed by atoms with E-state index in [4.69, 9.17) is 33.2 Å². The molecular formula is C31H54O10. The number of hydrogen-bond donors (Lipinski definition) is 2. The van der Waals surface area contributed by atoms with Gasteiger partial charge in [-0.3, -0.25) is 4.79 Å². The predicted molar refractivity (Wildman–Crippen MR) is 150 cm³/mol. The van der Waals surface area contributed by atoms with Gasteiger partial charge in [0.1, 0.15) is 30.5 Å². The molecule has 4 rings (SSSR count). The summed E-state index contributed by atoms with van der Waals surface area (Å²) >= 11 is 0. The van der Waals surface area contributed by atoms with E-state index in [0.29, 0.717) is 6.42 Å². The standard InChI is InChI=1S/C31H54O10/c1-6-7-13-16-21-17-14-11-9-8-10-12-15-18-22(32)38-26-23(33)19(2)35-29(24(26)34)39-25-20(3)36-30(37-21)28-27(25)40-31(4,5)41-28/h19-21,23-30,33-34H,6-18H2,1-5H3/t19-,20-,21-,23-,24+,25-,26+,27+,28+,29-,30-/m0/s1. The molecule has 0 aromatic carbocycles. The van der Waals surface area contributed by atoms with E-state index in [-0.39, 0.29) is 12.5 Å². The molecule has 0 unspecified atom stereocenters. The number of ether oxygens (including phenoxy) is 7. The van der Waals surface area contributed by atoms with Crippen LogP contribution in [-0.2, 0) is 38.0 Å². The lowest BCUT2D eigenvalue weighted by atomic mass is 9.97. The Hall–Kier alpha value is -0.850. The molecule has 0 aliphatic carbocycles. The summed E-state index contributed by atoms with van der Waals surface area (Å²) in [7, 11) is 0. The maximum Gasteiger partial charge on any atom is 0.306 e. The van der Waals surface area contributed by atoms with E-state index in [1.54, 1.807) is 6.92 Å². The van der Waals surface area contributed by atoms with Gasteiger partial charge in [-0.25, -0.2) is 0 Å². The van der Waals surface area contributed by atoms with Crippen LogP contribution in [0.3, 0.4) is 0 Å². The predicted octanol–water partition coefficient (Wildman–Crippen LogP) is 4.50. The summed E-state index contributed by atoms with van der Waals surface area (Å²) in [6, 6.07) is 0. The average molecular weight is 587 g/mol. The van der Waals surface area contributed by atoms with Crippen molar-refractivity contribution in [1.82, 2.24) is 0 Å². The number of carbonyl (C=O) groups excluding carboxylic acids is 1. The molecule has 4 bridgehead atoms. The summed E-state index contributed by atoms with van der Waals surface area (Å²) in [5.41, 5.74) is 0. The van der Waals surface area contributed by atoms with Crippen molar-refractivity contribution < 1.29 is 48.2 Å². The van der Waals surface area contributed by atoms with Gasteiger partial charge >= 0.3 is 5.97 Å². The SMILES string of the molecule is CCCCC[C@H]1CCCCCCCCCC(=O)O[C@@H]2[C@@H](O)[C@H](C)O[C@@H](O[C@@H]3[C@H]4OC(C)(C)O[C@H]4[C@H](O1)O[C@H]3C)[C@@H]2O. The highest BCUT2D eigenvalue weighted by molar-refractivity contribution is 5.69. The highest BCUT2D eigenvalue weighted by atomic mass is 16.8. The molecule has 0 saturated carbocycles. The lowest BCUT2D eigenvalue weighted by molar-refractivity contribution is -0.345. The van der Waals surface area contributed by atoms with Gasteiger partial charge in [0.05, 0.1) is 18.3 Å². The second-order valence-corrected chi connectivity index (χ2v) is 12.8. The first-order valence-corrected chi connectivity index (χ1v) is 16.1. The van der Waals surface area contributed by atoms with Crippen molar-refractivity contribution in [2.24, 2.45) is 0 Å². The average Bonchev–Trinajstić information content (AvgIpc) is 3.25. The van der Waals surface area contributed by atoms with Crippen molar-refractivity contribution in [1.29, 1.82) is 0 Å². The van der Waals surface area contributed by atoms with Crippen molar-refractivity contribution in [3.05, 3.63) is 0 Å². The number of aliphatic hydroxyl groups is 2. The third kappa shape index (κ3) is 8.85. The fourth-order valence-corrected chi connectivity index (χ4v) is 6.44. The van der Waals surface area contributed by atoms with Crippen LogP contribution in [-0.4, -0.2) is 89.5 Å². The highest BCUT2D eigenvalue weighted by Crippen LogP contribution is 2.41. The molecule has 4 aliphatic rings. The fraction of sp³-hybridized carbons (Fsp3) is 0.968. The zero-order valence-corrected chi connectivity index (χ0v) is 25.7. The third-order valence-electron chi connectivity index (χ3n) is 8.77. The van der Waals surface area contributed by atoms with E-state index in [9.17, 15) is 15.0 Å². The molecule has 4 heterocycles. The lowest BCUT2D eigenvalue weighted by Gasteiger charge is -2.46. The molecule has 238 valence electrons. The first-order chi connectivity index (χ1) is 19.6. The normalized spacial score (nSPS) is 43.1.